The molecule has 23 heavy (non-hydrogen) atoms. The molecule has 0 fully saturated rings. The molecule has 0 saturated carbocycles. The van der Waals surface area contributed by atoms with Gasteiger partial charge in [0.15, 0.2) is 0 Å². The third kappa shape index (κ3) is 3.57. The smallest absolute Gasteiger partial charge is 0.416 e. The van der Waals surface area contributed by atoms with Gasteiger partial charge in [0.1, 0.15) is 0 Å². The molecule has 0 aliphatic carbocycles. The summed E-state index contributed by atoms with van der Waals surface area (Å²) in [6.45, 7) is 0. The zero-order valence-electron chi connectivity index (χ0n) is 10.7. The molecule has 2 rings (SSSR count). The average molecular weight is 454 g/mol. The SMILES string of the molecule is O=C(O)N(c1ccc(Cl)c(Cl)c1)c1c(Cl)c(Cl)c(Cl)c(Cl)c1Cl. The molecule has 2 aromatic carbocycles. The normalized spacial score (nSPS) is 10.7. The number of carbonyl (C=O) groups is 1. The van der Waals surface area contributed by atoms with Crippen molar-refractivity contribution in [3.63, 3.8) is 0 Å². The van der Waals surface area contributed by atoms with Crippen LogP contribution in [0.2, 0.25) is 35.2 Å². The number of hydrogen-bond donors (Lipinski definition) is 1. The van der Waals surface area contributed by atoms with E-state index >= 15 is 0 Å². The summed E-state index contributed by atoms with van der Waals surface area (Å²) in [6, 6.07) is 4.18. The van der Waals surface area contributed by atoms with Gasteiger partial charge in [0.25, 0.3) is 0 Å². The maximum Gasteiger partial charge on any atom is 0.416 e. The van der Waals surface area contributed by atoms with E-state index < -0.39 is 6.09 Å². The summed E-state index contributed by atoms with van der Waals surface area (Å²) in [6.07, 6.45) is -1.39. The van der Waals surface area contributed by atoms with Crippen molar-refractivity contribution in [1.82, 2.24) is 0 Å². The monoisotopic (exact) mass is 451 g/mol. The second-order valence-corrected chi connectivity index (χ2v) is 6.84. The molecule has 0 spiro atoms. The number of amides is 1. The minimum atomic E-state index is -1.39. The second kappa shape index (κ2) is 7.32. The zero-order valence-corrected chi connectivity index (χ0v) is 16.0. The second-order valence-electron chi connectivity index (χ2n) is 4.13. The topological polar surface area (TPSA) is 40.5 Å². The van der Waals surface area contributed by atoms with Gasteiger partial charge in [-0.2, -0.15) is 0 Å². The van der Waals surface area contributed by atoms with Crippen LogP contribution in [0.4, 0.5) is 16.2 Å². The van der Waals surface area contributed by atoms with Crippen LogP contribution in [0.25, 0.3) is 0 Å². The first-order chi connectivity index (χ1) is 10.7. The molecule has 122 valence electrons. The van der Waals surface area contributed by atoms with E-state index in [4.69, 9.17) is 81.2 Å². The molecule has 0 bridgehead atoms. The van der Waals surface area contributed by atoms with Gasteiger partial charge in [-0.25, -0.2) is 9.69 Å². The van der Waals surface area contributed by atoms with Gasteiger partial charge in [-0.3, -0.25) is 0 Å². The molecule has 0 atom stereocenters. The van der Waals surface area contributed by atoms with E-state index in [1.54, 1.807) is 0 Å². The molecule has 0 aliphatic rings. The van der Waals surface area contributed by atoms with Gasteiger partial charge in [0.05, 0.1) is 46.5 Å². The maximum atomic E-state index is 11.7. The highest BCUT2D eigenvalue weighted by Crippen LogP contribution is 2.50. The molecular weight excluding hydrogens is 450 g/mol. The highest BCUT2D eigenvalue weighted by Gasteiger charge is 2.28. The molecule has 10 heteroatoms. The number of nitrogens with zero attached hydrogens (tertiary/aromatic N) is 1. The Morgan fingerprint density at radius 3 is 1.70 bits per heavy atom. The fourth-order valence-corrected chi connectivity index (χ4v) is 3.34. The van der Waals surface area contributed by atoms with Crippen LogP contribution in [-0.4, -0.2) is 11.2 Å². The van der Waals surface area contributed by atoms with Gasteiger partial charge >= 0.3 is 6.09 Å². The summed E-state index contributed by atoms with van der Waals surface area (Å²) in [5.41, 5.74) is 0.00350. The van der Waals surface area contributed by atoms with E-state index in [1.165, 1.54) is 18.2 Å². The van der Waals surface area contributed by atoms with Crippen molar-refractivity contribution in [3.8, 4) is 0 Å². The number of rotatable bonds is 2. The lowest BCUT2D eigenvalue weighted by Gasteiger charge is -2.23. The van der Waals surface area contributed by atoms with Crippen LogP contribution >= 0.6 is 81.2 Å². The summed E-state index contributed by atoms with van der Waals surface area (Å²) < 4.78 is 0. The molecule has 0 heterocycles. The van der Waals surface area contributed by atoms with E-state index in [2.05, 4.69) is 0 Å². The summed E-state index contributed by atoms with van der Waals surface area (Å²) in [7, 11) is 0. The van der Waals surface area contributed by atoms with Crippen LogP contribution in [0.15, 0.2) is 18.2 Å². The average Bonchev–Trinajstić information content (AvgIpc) is 2.50. The largest absolute Gasteiger partial charge is 0.464 e. The Kier molecular flexibility index (Phi) is 6.07. The summed E-state index contributed by atoms with van der Waals surface area (Å²) in [4.78, 5) is 12.5. The highest BCUT2D eigenvalue weighted by molar-refractivity contribution is 6.57. The Morgan fingerprint density at radius 2 is 1.26 bits per heavy atom. The van der Waals surface area contributed by atoms with Gasteiger partial charge in [0.2, 0.25) is 0 Å². The molecule has 0 unspecified atom stereocenters. The van der Waals surface area contributed by atoms with Crippen LogP contribution in [0.5, 0.6) is 0 Å². The Bertz CT molecular complexity index is 780. The molecular formula is C13H4Cl7NO2. The van der Waals surface area contributed by atoms with Gasteiger partial charge in [-0.15, -0.1) is 0 Å². The van der Waals surface area contributed by atoms with E-state index in [0.29, 0.717) is 0 Å². The molecule has 2 aromatic rings. The first-order valence-corrected chi connectivity index (χ1v) is 8.31. The minimum Gasteiger partial charge on any atom is -0.464 e. The molecule has 1 N–H and O–H groups in total. The van der Waals surface area contributed by atoms with Crippen LogP contribution in [-0.2, 0) is 0 Å². The first-order valence-electron chi connectivity index (χ1n) is 5.66. The minimum absolute atomic E-state index is 0.0773. The van der Waals surface area contributed by atoms with Crippen molar-refractivity contribution in [2.75, 3.05) is 4.90 Å². The number of hydrogen-bond acceptors (Lipinski definition) is 1. The van der Waals surface area contributed by atoms with E-state index in [0.717, 1.165) is 4.90 Å². The number of anilines is 2. The molecule has 0 saturated heterocycles. The van der Waals surface area contributed by atoms with E-state index in [1.807, 2.05) is 0 Å². The Morgan fingerprint density at radius 1 is 0.783 bits per heavy atom. The predicted molar refractivity (Wildman–Crippen MR) is 98.1 cm³/mol. The van der Waals surface area contributed by atoms with Crippen molar-refractivity contribution in [3.05, 3.63) is 53.4 Å². The van der Waals surface area contributed by atoms with E-state index in [9.17, 15) is 9.90 Å². The van der Waals surface area contributed by atoms with Gasteiger partial charge < -0.3 is 5.11 Å². The molecule has 0 aromatic heterocycles. The predicted octanol–water partition coefficient (Wildman–Crippen LogP) is 8.08. The fourth-order valence-electron chi connectivity index (χ4n) is 1.75. The van der Waals surface area contributed by atoms with Gasteiger partial charge in [-0.1, -0.05) is 81.2 Å². The van der Waals surface area contributed by atoms with Crippen LogP contribution in [0, 0.1) is 0 Å². The summed E-state index contributed by atoms with van der Waals surface area (Å²) >= 11 is 41.8. The number of carboxylic acid groups (broad SMARTS) is 1. The van der Waals surface area contributed by atoms with Gasteiger partial charge in [0, 0.05) is 0 Å². The number of halogens is 7. The summed E-state index contributed by atoms with van der Waals surface area (Å²) in [5, 5.41) is 9.30. The van der Waals surface area contributed by atoms with E-state index in [-0.39, 0.29) is 46.5 Å². The third-order valence-electron chi connectivity index (χ3n) is 2.76. The molecule has 3 nitrogen and oxygen atoms in total. The van der Waals surface area contributed by atoms with Gasteiger partial charge in [-0.05, 0) is 18.2 Å². The lowest BCUT2D eigenvalue weighted by atomic mass is 10.2. The van der Waals surface area contributed by atoms with Crippen LogP contribution in [0.3, 0.4) is 0 Å². The Hall–Kier alpha value is -0.260. The number of benzene rings is 2. The molecule has 0 aliphatic heterocycles. The van der Waals surface area contributed by atoms with Crippen molar-refractivity contribution in [2.45, 2.75) is 0 Å². The Labute approximate surface area is 166 Å². The first kappa shape index (κ1) is 19.1. The standard InChI is InChI=1S/C13H4Cl7NO2/c14-5-2-1-4(3-6(5)15)21(13(22)23)12-10(19)8(17)7(16)9(18)11(12)20/h1-3H,(H,22,23). The maximum absolute atomic E-state index is 11.7. The Balaban J connectivity index is 2.78. The van der Waals surface area contributed by atoms with Crippen LogP contribution in [0.1, 0.15) is 0 Å². The third-order valence-corrected chi connectivity index (χ3v) is 5.76. The lowest BCUT2D eigenvalue weighted by Crippen LogP contribution is -2.24. The highest BCUT2D eigenvalue weighted by atomic mass is 35.5. The summed E-state index contributed by atoms with van der Waals surface area (Å²) in [5.74, 6) is 0. The molecule has 1 amide bonds. The van der Waals surface area contributed by atoms with Crippen molar-refractivity contribution in [1.29, 1.82) is 0 Å². The fraction of sp³-hybridized carbons (Fsp3) is 0. The van der Waals surface area contributed by atoms with Crippen LogP contribution < -0.4 is 4.90 Å². The zero-order chi connectivity index (χ0) is 17.5. The molecule has 0 radical (unpaired) electrons. The van der Waals surface area contributed by atoms with Crippen molar-refractivity contribution in [2.24, 2.45) is 0 Å². The van der Waals surface area contributed by atoms with Crippen molar-refractivity contribution < 1.29 is 9.90 Å². The quantitative estimate of drug-likeness (QED) is 0.368. The lowest BCUT2D eigenvalue weighted by molar-refractivity contribution is 0.205. The van der Waals surface area contributed by atoms with Crippen molar-refractivity contribution >= 4 is 98.7 Å².